The molecule has 0 aliphatic carbocycles. The summed E-state index contributed by atoms with van der Waals surface area (Å²) in [5.74, 6) is 0.819. The number of hydrogen-bond acceptors (Lipinski definition) is 4. The molecule has 0 spiro atoms. The topological polar surface area (TPSA) is 83.8 Å². The second-order valence-corrected chi connectivity index (χ2v) is 8.51. The number of amides is 1. The zero-order valence-electron chi connectivity index (χ0n) is 18.3. The highest BCUT2D eigenvalue weighted by Crippen LogP contribution is 2.12. The number of carbonyl (C=O) groups is 1. The van der Waals surface area contributed by atoms with Gasteiger partial charge in [0.25, 0.3) is 0 Å². The van der Waals surface area contributed by atoms with Gasteiger partial charge in [-0.1, -0.05) is 30.3 Å². The van der Waals surface area contributed by atoms with Crippen molar-refractivity contribution in [1.29, 1.82) is 0 Å². The quantitative estimate of drug-likeness (QED) is 0.583. The first kappa shape index (κ1) is 21.7. The predicted molar refractivity (Wildman–Crippen MR) is 117 cm³/mol. The number of hydrogen-bond donors (Lipinski definition) is 2. The number of carbonyl (C=O) groups excluding carboxylic acids is 1. The first-order valence-electron chi connectivity index (χ1n) is 10.3. The number of ether oxygens (including phenoxy) is 1. The number of nitrogens with one attached hydrogen (secondary N) is 2. The molecule has 2 heterocycles. The number of nitrogens with zero attached hydrogens (tertiary/aromatic N) is 4. The van der Waals surface area contributed by atoms with Gasteiger partial charge in [-0.25, -0.2) is 4.79 Å². The molecule has 8 nitrogen and oxygen atoms in total. The fraction of sp³-hybridized carbons (Fsp3) is 0.500. The SMILES string of the molecule is CN=C(NCc1cnn(Cc2ccccc2)c1)N1CCC(NC(=O)OC(C)(C)C)C1. The van der Waals surface area contributed by atoms with E-state index in [1.807, 2.05) is 56.0 Å². The lowest BCUT2D eigenvalue weighted by atomic mass is 10.2. The average molecular weight is 413 g/mol. The molecule has 0 bridgehead atoms. The Morgan fingerprint density at radius 1 is 1.27 bits per heavy atom. The highest BCUT2D eigenvalue weighted by Gasteiger charge is 2.27. The molecule has 0 saturated carbocycles. The van der Waals surface area contributed by atoms with Crippen LogP contribution in [0.2, 0.25) is 0 Å². The molecule has 1 aromatic heterocycles. The monoisotopic (exact) mass is 412 g/mol. The Bertz CT molecular complexity index is 856. The van der Waals surface area contributed by atoms with Crippen molar-refractivity contribution in [3.63, 3.8) is 0 Å². The smallest absolute Gasteiger partial charge is 0.407 e. The Morgan fingerprint density at radius 3 is 2.73 bits per heavy atom. The summed E-state index contributed by atoms with van der Waals surface area (Å²) >= 11 is 0. The van der Waals surface area contributed by atoms with Crippen LogP contribution in [0.1, 0.15) is 38.3 Å². The highest BCUT2D eigenvalue weighted by molar-refractivity contribution is 5.80. The molecule has 0 radical (unpaired) electrons. The Kier molecular flexibility index (Phi) is 6.97. The van der Waals surface area contributed by atoms with Gasteiger partial charge in [-0.15, -0.1) is 0 Å². The first-order chi connectivity index (χ1) is 14.3. The van der Waals surface area contributed by atoms with Crippen molar-refractivity contribution in [3.05, 3.63) is 53.9 Å². The van der Waals surface area contributed by atoms with Crippen LogP contribution in [-0.2, 0) is 17.8 Å². The molecule has 8 heteroatoms. The van der Waals surface area contributed by atoms with Crippen LogP contribution in [0.3, 0.4) is 0 Å². The predicted octanol–water partition coefficient (Wildman–Crippen LogP) is 2.61. The number of rotatable bonds is 5. The summed E-state index contributed by atoms with van der Waals surface area (Å²) in [4.78, 5) is 18.5. The molecule has 162 valence electrons. The number of guanidine groups is 1. The fourth-order valence-electron chi connectivity index (χ4n) is 3.41. The summed E-state index contributed by atoms with van der Waals surface area (Å²) in [7, 11) is 1.77. The molecule has 2 N–H and O–H groups in total. The van der Waals surface area contributed by atoms with Crippen molar-refractivity contribution < 1.29 is 9.53 Å². The van der Waals surface area contributed by atoms with Crippen LogP contribution in [-0.4, -0.2) is 58.5 Å². The Morgan fingerprint density at radius 2 is 2.03 bits per heavy atom. The van der Waals surface area contributed by atoms with Gasteiger partial charge in [-0.3, -0.25) is 9.67 Å². The van der Waals surface area contributed by atoms with E-state index in [1.165, 1.54) is 5.56 Å². The van der Waals surface area contributed by atoms with Crippen LogP contribution < -0.4 is 10.6 Å². The summed E-state index contributed by atoms with van der Waals surface area (Å²) in [5.41, 5.74) is 1.82. The van der Waals surface area contributed by atoms with E-state index in [1.54, 1.807) is 7.05 Å². The van der Waals surface area contributed by atoms with Gasteiger partial charge in [0.05, 0.1) is 18.8 Å². The number of likely N-dealkylation sites (tertiary alicyclic amines) is 1. The molecular formula is C22H32N6O2. The maximum atomic E-state index is 12.0. The lowest BCUT2D eigenvalue weighted by Crippen LogP contribution is -2.44. The molecule has 2 aromatic rings. The number of benzene rings is 1. The van der Waals surface area contributed by atoms with E-state index in [4.69, 9.17) is 4.74 Å². The lowest BCUT2D eigenvalue weighted by Gasteiger charge is -2.23. The van der Waals surface area contributed by atoms with Gasteiger partial charge in [0.1, 0.15) is 5.60 Å². The largest absolute Gasteiger partial charge is 0.444 e. The Balaban J connectivity index is 1.47. The molecule has 1 unspecified atom stereocenters. The van der Waals surface area contributed by atoms with E-state index in [2.05, 4.69) is 37.8 Å². The maximum absolute atomic E-state index is 12.0. The minimum Gasteiger partial charge on any atom is -0.444 e. The third-order valence-electron chi connectivity index (χ3n) is 4.75. The average Bonchev–Trinajstić information content (AvgIpc) is 3.31. The normalized spacial score (nSPS) is 17.1. The second-order valence-electron chi connectivity index (χ2n) is 8.51. The van der Waals surface area contributed by atoms with Crippen LogP contribution in [0.15, 0.2) is 47.7 Å². The number of aromatic nitrogens is 2. The van der Waals surface area contributed by atoms with Gasteiger partial charge < -0.3 is 20.3 Å². The Labute approximate surface area is 178 Å². The first-order valence-corrected chi connectivity index (χ1v) is 10.3. The molecule has 1 fully saturated rings. The standard InChI is InChI=1S/C22H32N6O2/c1-22(2,3)30-21(29)26-19-10-11-27(16-19)20(23-4)24-12-18-13-25-28(15-18)14-17-8-6-5-7-9-17/h5-9,13,15,19H,10-12,14,16H2,1-4H3,(H,23,24)(H,26,29). The van der Waals surface area contributed by atoms with E-state index in [9.17, 15) is 4.79 Å². The van der Waals surface area contributed by atoms with Crippen molar-refractivity contribution in [2.45, 2.75) is 51.9 Å². The summed E-state index contributed by atoms with van der Waals surface area (Å²) in [6.07, 6.45) is 4.40. The summed E-state index contributed by atoms with van der Waals surface area (Å²) in [6.45, 7) is 8.51. The van der Waals surface area contributed by atoms with E-state index in [0.717, 1.165) is 31.0 Å². The molecular weight excluding hydrogens is 380 g/mol. The summed E-state index contributed by atoms with van der Waals surface area (Å²) in [6, 6.07) is 10.3. The van der Waals surface area contributed by atoms with Crippen molar-refractivity contribution in [2.24, 2.45) is 4.99 Å². The molecule has 1 saturated heterocycles. The van der Waals surface area contributed by atoms with Crippen LogP contribution in [0.4, 0.5) is 4.79 Å². The van der Waals surface area contributed by atoms with Gasteiger partial charge in [0.15, 0.2) is 5.96 Å². The molecule has 1 atom stereocenters. The minimum atomic E-state index is -0.495. The van der Waals surface area contributed by atoms with Crippen LogP contribution in [0.5, 0.6) is 0 Å². The molecule has 1 aliphatic rings. The van der Waals surface area contributed by atoms with E-state index in [-0.39, 0.29) is 12.1 Å². The van der Waals surface area contributed by atoms with Crippen molar-refractivity contribution in [3.8, 4) is 0 Å². The number of alkyl carbamates (subject to hydrolysis) is 1. The zero-order chi connectivity index (χ0) is 21.6. The van der Waals surface area contributed by atoms with Gasteiger partial charge in [0, 0.05) is 38.4 Å². The van der Waals surface area contributed by atoms with Crippen LogP contribution in [0, 0.1) is 0 Å². The molecule has 1 amide bonds. The fourth-order valence-corrected chi connectivity index (χ4v) is 3.41. The van der Waals surface area contributed by atoms with E-state index >= 15 is 0 Å². The zero-order valence-corrected chi connectivity index (χ0v) is 18.3. The van der Waals surface area contributed by atoms with Gasteiger partial charge in [-0.05, 0) is 32.8 Å². The maximum Gasteiger partial charge on any atom is 0.407 e. The molecule has 30 heavy (non-hydrogen) atoms. The minimum absolute atomic E-state index is 0.0482. The van der Waals surface area contributed by atoms with Crippen molar-refractivity contribution >= 4 is 12.1 Å². The summed E-state index contributed by atoms with van der Waals surface area (Å²) < 4.78 is 7.28. The second kappa shape index (κ2) is 9.65. The molecule has 3 rings (SSSR count). The van der Waals surface area contributed by atoms with Crippen LogP contribution >= 0.6 is 0 Å². The number of aliphatic imine (C=N–C) groups is 1. The highest BCUT2D eigenvalue weighted by atomic mass is 16.6. The van der Waals surface area contributed by atoms with Gasteiger partial charge in [-0.2, -0.15) is 5.10 Å². The van der Waals surface area contributed by atoms with Gasteiger partial charge >= 0.3 is 6.09 Å². The lowest BCUT2D eigenvalue weighted by molar-refractivity contribution is 0.0507. The van der Waals surface area contributed by atoms with E-state index < -0.39 is 5.60 Å². The van der Waals surface area contributed by atoms with E-state index in [0.29, 0.717) is 13.1 Å². The Hall–Kier alpha value is -3.03. The van der Waals surface area contributed by atoms with Gasteiger partial charge in [0.2, 0.25) is 0 Å². The van der Waals surface area contributed by atoms with Crippen molar-refractivity contribution in [2.75, 3.05) is 20.1 Å². The third-order valence-corrected chi connectivity index (χ3v) is 4.75. The third kappa shape index (κ3) is 6.50. The van der Waals surface area contributed by atoms with Crippen LogP contribution in [0.25, 0.3) is 0 Å². The molecule has 1 aromatic carbocycles. The summed E-state index contributed by atoms with van der Waals surface area (Å²) in [5, 5.41) is 10.8. The molecule has 1 aliphatic heterocycles. The van der Waals surface area contributed by atoms with Crippen molar-refractivity contribution in [1.82, 2.24) is 25.3 Å².